The van der Waals surface area contributed by atoms with Crippen molar-refractivity contribution < 1.29 is 4.39 Å². The van der Waals surface area contributed by atoms with Gasteiger partial charge in [-0.05, 0) is 25.3 Å². The van der Waals surface area contributed by atoms with E-state index in [2.05, 4.69) is 14.5 Å². The molecule has 0 rings (SSSR count). The maximum absolute atomic E-state index is 13.1. The van der Waals surface area contributed by atoms with Gasteiger partial charge in [0.05, 0.1) is 0 Å². The second-order valence-corrected chi connectivity index (χ2v) is 2.89. The highest BCUT2D eigenvalue weighted by Gasteiger charge is 2.00. The van der Waals surface area contributed by atoms with Gasteiger partial charge >= 0.3 is 0 Å². The Hall–Kier alpha value is -0.200. The molecule has 0 radical (unpaired) electrons. The molecule has 0 fully saturated rings. The number of nitrogens with one attached hydrogen (secondary N) is 1. The van der Waals surface area contributed by atoms with Gasteiger partial charge in [0.1, 0.15) is 5.83 Å². The molecule has 3 heteroatoms. The standard InChI is InChI=1S/C9H17FNP.C2H6/c1-3-5-8(6-7-11-12)9(10)4-2;1-2/h4-5,11H,3,6-7,12H2,1-2H3;1-2H3/b8-5-,9-4+;. The summed E-state index contributed by atoms with van der Waals surface area (Å²) in [6.45, 7) is 8.52. The number of rotatable bonds is 5. The lowest BCUT2D eigenvalue weighted by Gasteiger charge is -2.03. The highest BCUT2D eigenvalue weighted by Crippen LogP contribution is 2.15. The lowest BCUT2D eigenvalue weighted by Crippen LogP contribution is -2.01. The maximum Gasteiger partial charge on any atom is 0.121 e. The molecule has 0 spiro atoms. The predicted molar refractivity (Wildman–Crippen MR) is 66.9 cm³/mol. The molecule has 0 heterocycles. The molecular formula is C11H23FNP. The Balaban J connectivity index is 0. The van der Waals surface area contributed by atoms with E-state index in [1.54, 1.807) is 6.92 Å². The fourth-order valence-corrected chi connectivity index (χ4v) is 1.10. The lowest BCUT2D eigenvalue weighted by atomic mass is 10.1. The zero-order valence-electron chi connectivity index (χ0n) is 9.73. The van der Waals surface area contributed by atoms with E-state index in [1.807, 2.05) is 26.8 Å². The summed E-state index contributed by atoms with van der Waals surface area (Å²) < 4.78 is 13.1. The molecule has 1 unspecified atom stereocenters. The summed E-state index contributed by atoms with van der Waals surface area (Å²) >= 11 is 0. The Labute approximate surface area is 90.1 Å². The third kappa shape index (κ3) is 8.40. The average Bonchev–Trinajstić information content (AvgIpc) is 2.26. The van der Waals surface area contributed by atoms with Crippen molar-refractivity contribution in [2.24, 2.45) is 0 Å². The number of hydrogen-bond donors (Lipinski definition) is 1. The van der Waals surface area contributed by atoms with Crippen molar-refractivity contribution in [3.8, 4) is 0 Å². The van der Waals surface area contributed by atoms with Gasteiger partial charge in [-0.3, -0.25) is 0 Å². The summed E-state index contributed by atoms with van der Waals surface area (Å²) in [6, 6.07) is 0. The van der Waals surface area contributed by atoms with Crippen LogP contribution in [0.1, 0.15) is 40.5 Å². The van der Waals surface area contributed by atoms with Crippen LogP contribution in [0.4, 0.5) is 4.39 Å². The second kappa shape index (κ2) is 12.8. The van der Waals surface area contributed by atoms with Crippen molar-refractivity contribution in [2.45, 2.75) is 40.5 Å². The van der Waals surface area contributed by atoms with Crippen molar-refractivity contribution in [3.63, 3.8) is 0 Å². The first-order valence-electron chi connectivity index (χ1n) is 5.20. The van der Waals surface area contributed by atoms with E-state index in [9.17, 15) is 4.39 Å². The van der Waals surface area contributed by atoms with E-state index in [0.29, 0.717) is 0 Å². The van der Waals surface area contributed by atoms with Gasteiger partial charge in [0, 0.05) is 6.54 Å². The van der Waals surface area contributed by atoms with Gasteiger partial charge in [0.25, 0.3) is 0 Å². The van der Waals surface area contributed by atoms with Crippen molar-refractivity contribution >= 4 is 9.39 Å². The van der Waals surface area contributed by atoms with Gasteiger partial charge in [0.2, 0.25) is 0 Å². The minimum absolute atomic E-state index is 0.0999. The van der Waals surface area contributed by atoms with Crippen LogP contribution in [0.5, 0.6) is 0 Å². The van der Waals surface area contributed by atoms with Gasteiger partial charge in [0.15, 0.2) is 0 Å². The molecule has 0 bridgehead atoms. The first-order chi connectivity index (χ1) is 6.76. The van der Waals surface area contributed by atoms with Gasteiger partial charge in [-0.2, -0.15) is 0 Å². The van der Waals surface area contributed by atoms with Gasteiger partial charge < -0.3 is 5.09 Å². The Morgan fingerprint density at radius 3 is 2.36 bits per heavy atom. The monoisotopic (exact) mass is 219 g/mol. The van der Waals surface area contributed by atoms with Crippen LogP contribution in [0.2, 0.25) is 0 Å². The Kier molecular flexibility index (Phi) is 14.8. The number of allylic oxidation sites excluding steroid dienone is 3. The fourth-order valence-electron chi connectivity index (χ4n) is 0.958. The molecule has 0 aliphatic rings. The molecule has 1 nitrogen and oxygen atoms in total. The maximum atomic E-state index is 13.1. The molecule has 0 amide bonds. The molecule has 1 N–H and O–H groups in total. The normalized spacial score (nSPS) is 12.1. The van der Waals surface area contributed by atoms with E-state index in [-0.39, 0.29) is 5.83 Å². The minimum Gasteiger partial charge on any atom is -0.300 e. The molecule has 0 saturated heterocycles. The Morgan fingerprint density at radius 1 is 1.43 bits per heavy atom. The molecule has 0 aliphatic heterocycles. The van der Waals surface area contributed by atoms with E-state index < -0.39 is 0 Å². The van der Waals surface area contributed by atoms with Crippen LogP contribution >= 0.6 is 9.39 Å². The first-order valence-corrected chi connectivity index (χ1v) is 5.78. The van der Waals surface area contributed by atoms with Crippen LogP contribution < -0.4 is 5.09 Å². The largest absolute Gasteiger partial charge is 0.300 e. The molecule has 1 atom stereocenters. The molecule has 0 aromatic heterocycles. The van der Waals surface area contributed by atoms with Crippen molar-refractivity contribution in [1.82, 2.24) is 5.09 Å². The van der Waals surface area contributed by atoms with E-state index >= 15 is 0 Å². The van der Waals surface area contributed by atoms with Crippen LogP contribution in [0.25, 0.3) is 0 Å². The smallest absolute Gasteiger partial charge is 0.121 e. The van der Waals surface area contributed by atoms with E-state index in [0.717, 1.165) is 25.0 Å². The number of halogens is 1. The summed E-state index contributed by atoms with van der Waals surface area (Å²) in [7, 11) is 2.41. The third-order valence-electron chi connectivity index (χ3n) is 1.55. The van der Waals surface area contributed by atoms with Gasteiger partial charge in [-0.1, -0.05) is 42.3 Å². The van der Waals surface area contributed by atoms with Crippen LogP contribution in [0, 0.1) is 0 Å². The average molecular weight is 219 g/mol. The predicted octanol–water partition coefficient (Wildman–Crippen LogP) is 3.99. The van der Waals surface area contributed by atoms with Crippen LogP contribution in [-0.4, -0.2) is 6.54 Å². The Bertz CT molecular complexity index is 176. The molecule has 84 valence electrons. The summed E-state index contributed by atoms with van der Waals surface area (Å²) in [5.74, 6) is -0.0999. The zero-order valence-corrected chi connectivity index (χ0v) is 10.9. The minimum atomic E-state index is -0.0999. The second-order valence-electron chi connectivity index (χ2n) is 2.48. The summed E-state index contributed by atoms with van der Waals surface area (Å²) in [5.41, 5.74) is 0.801. The van der Waals surface area contributed by atoms with Crippen LogP contribution in [0.15, 0.2) is 23.6 Å². The molecule has 14 heavy (non-hydrogen) atoms. The summed E-state index contributed by atoms with van der Waals surface area (Å²) in [4.78, 5) is 0. The van der Waals surface area contributed by atoms with Crippen molar-refractivity contribution in [1.29, 1.82) is 0 Å². The van der Waals surface area contributed by atoms with Gasteiger partial charge in [-0.25, -0.2) is 4.39 Å². The zero-order chi connectivity index (χ0) is 11.4. The molecule has 0 aliphatic carbocycles. The van der Waals surface area contributed by atoms with Crippen LogP contribution in [-0.2, 0) is 0 Å². The Morgan fingerprint density at radius 2 is 2.00 bits per heavy atom. The summed E-state index contributed by atoms with van der Waals surface area (Å²) in [6.07, 6.45) is 5.06. The quantitative estimate of drug-likeness (QED) is 0.544. The highest BCUT2D eigenvalue weighted by molar-refractivity contribution is 7.13. The van der Waals surface area contributed by atoms with E-state index in [4.69, 9.17) is 0 Å². The topological polar surface area (TPSA) is 12.0 Å². The lowest BCUT2D eigenvalue weighted by molar-refractivity contribution is 0.633. The summed E-state index contributed by atoms with van der Waals surface area (Å²) in [5, 5.41) is 2.92. The molecule has 0 aromatic carbocycles. The molecular weight excluding hydrogens is 196 g/mol. The SMILES string of the molecule is C/C=C(F)\C(=C/CC)CCNP.CC. The van der Waals surface area contributed by atoms with Crippen LogP contribution in [0.3, 0.4) is 0 Å². The van der Waals surface area contributed by atoms with Gasteiger partial charge in [-0.15, -0.1) is 0 Å². The fraction of sp³-hybridized carbons (Fsp3) is 0.636. The first kappa shape index (κ1) is 16.2. The van der Waals surface area contributed by atoms with E-state index in [1.165, 1.54) is 6.08 Å². The third-order valence-corrected chi connectivity index (χ3v) is 1.84. The van der Waals surface area contributed by atoms with Crippen molar-refractivity contribution in [2.75, 3.05) is 6.54 Å². The molecule has 0 aromatic rings. The molecule has 0 saturated carbocycles. The van der Waals surface area contributed by atoms with Crippen molar-refractivity contribution in [3.05, 3.63) is 23.6 Å². The highest BCUT2D eigenvalue weighted by atomic mass is 31.0. The number of hydrogen-bond acceptors (Lipinski definition) is 1.